The zero-order valence-electron chi connectivity index (χ0n) is 16.3. The van der Waals surface area contributed by atoms with Crippen LogP contribution in [0.4, 0.5) is 0 Å². The Morgan fingerprint density at radius 3 is 2.54 bits per heavy atom. The monoisotopic (exact) mass is 332 g/mol. The minimum atomic E-state index is 0.0181. The summed E-state index contributed by atoms with van der Waals surface area (Å²) < 4.78 is 5.95. The molecular weight excluding hydrogens is 296 g/mol. The van der Waals surface area contributed by atoms with Crippen molar-refractivity contribution in [2.75, 3.05) is 40.3 Å². The number of hydrogen-bond acceptors (Lipinski definition) is 3. The van der Waals surface area contributed by atoms with Gasteiger partial charge >= 0.3 is 0 Å². The molecule has 0 aromatic heterocycles. The van der Waals surface area contributed by atoms with Gasteiger partial charge in [-0.25, -0.2) is 0 Å². The van der Waals surface area contributed by atoms with Crippen molar-refractivity contribution in [2.45, 2.75) is 51.6 Å². The summed E-state index contributed by atoms with van der Waals surface area (Å²) in [5.41, 5.74) is 2.86. The lowest BCUT2D eigenvalue weighted by atomic mass is 9.75. The van der Waals surface area contributed by atoms with Crippen molar-refractivity contribution in [3.05, 3.63) is 35.4 Å². The van der Waals surface area contributed by atoms with Crippen LogP contribution < -0.4 is 5.32 Å². The normalized spacial score (nSPS) is 21.8. The number of nitrogens with zero attached hydrogens (tertiary/aromatic N) is 1. The lowest BCUT2D eigenvalue weighted by Crippen LogP contribution is -2.37. The summed E-state index contributed by atoms with van der Waals surface area (Å²) in [5.74, 6) is 1.34. The maximum Gasteiger partial charge on any atom is 0.0629 e. The van der Waals surface area contributed by atoms with Crippen LogP contribution in [0.5, 0.6) is 0 Å². The standard InChI is InChI=1S/C21H36N2O/c1-17-6-8-18(9-7-17)20(10-12-22-13-14-23(4)5)19-11-15-24-21(2,3)16-19/h6-9,19-20,22H,10-16H2,1-5H3. The summed E-state index contributed by atoms with van der Waals surface area (Å²) in [5, 5.41) is 3.62. The largest absolute Gasteiger partial charge is 0.376 e. The van der Waals surface area contributed by atoms with Gasteiger partial charge in [-0.3, -0.25) is 0 Å². The summed E-state index contributed by atoms with van der Waals surface area (Å²) in [6.45, 7) is 10.8. The van der Waals surface area contributed by atoms with Gasteiger partial charge in [-0.05, 0) is 78.1 Å². The molecule has 1 aliphatic rings. The summed E-state index contributed by atoms with van der Waals surface area (Å²) >= 11 is 0. The molecule has 1 aromatic rings. The van der Waals surface area contributed by atoms with Crippen molar-refractivity contribution >= 4 is 0 Å². The first-order chi connectivity index (χ1) is 11.4. The molecule has 1 aromatic carbocycles. The maximum atomic E-state index is 5.95. The first-order valence-electron chi connectivity index (χ1n) is 9.43. The molecule has 0 amide bonds. The second kappa shape index (κ2) is 8.98. The number of likely N-dealkylation sites (N-methyl/N-ethyl adjacent to an activating group) is 1. The minimum absolute atomic E-state index is 0.0181. The van der Waals surface area contributed by atoms with Crippen LogP contribution in [-0.4, -0.2) is 50.8 Å². The van der Waals surface area contributed by atoms with Crippen LogP contribution in [0.1, 0.15) is 50.2 Å². The Balaban J connectivity index is 2.00. The van der Waals surface area contributed by atoms with E-state index in [4.69, 9.17) is 4.74 Å². The van der Waals surface area contributed by atoms with Gasteiger partial charge in [0.25, 0.3) is 0 Å². The van der Waals surface area contributed by atoms with E-state index in [1.54, 1.807) is 0 Å². The Labute approximate surface area is 148 Å². The van der Waals surface area contributed by atoms with E-state index in [0.717, 1.165) is 32.7 Å². The topological polar surface area (TPSA) is 24.5 Å². The third kappa shape index (κ3) is 6.19. The SMILES string of the molecule is Cc1ccc(C(CCNCCN(C)C)C2CCOC(C)(C)C2)cc1. The van der Waals surface area contributed by atoms with Gasteiger partial charge in [0.2, 0.25) is 0 Å². The third-order valence-electron chi connectivity index (χ3n) is 5.18. The van der Waals surface area contributed by atoms with E-state index in [1.807, 2.05) is 0 Å². The predicted molar refractivity (Wildman–Crippen MR) is 103 cm³/mol. The highest BCUT2D eigenvalue weighted by molar-refractivity contribution is 5.25. The second-order valence-corrected chi connectivity index (χ2v) is 8.22. The van der Waals surface area contributed by atoms with Crippen molar-refractivity contribution in [1.29, 1.82) is 0 Å². The number of nitrogens with one attached hydrogen (secondary N) is 1. The van der Waals surface area contributed by atoms with Crippen LogP contribution in [0.25, 0.3) is 0 Å². The van der Waals surface area contributed by atoms with Gasteiger partial charge in [-0.1, -0.05) is 29.8 Å². The van der Waals surface area contributed by atoms with Crippen molar-refractivity contribution in [2.24, 2.45) is 5.92 Å². The third-order valence-corrected chi connectivity index (χ3v) is 5.18. The highest BCUT2D eigenvalue weighted by Crippen LogP contribution is 2.39. The van der Waals surface area contributed by atoms with E-state index in [0.29, 0.717) is 11.8 Å². The first kappa shape index (κ1) is 19.4. The number of aryl methyl sites for hydroxylation is 1. The number of rotatable bonds is 8. The van der Waals surface area contributed by atoms with Crippen molar-refractivity contribution < 1.29 is 4.74 Å². The fourth-order valence-electron chi connectivity index (χ4n) is 3.80. The van der Waals surface area contributed by atoms with Gasteiger partial charge in [-0.2, -0.15) is 0 Å². The first-order valence-corrected chi connectivity index (χ1v) is 9.43. The predicted octanol–water partition coefficient (Wildman–Crippen LogP) is 3.83. The fraction of sp³-hybridized carbons (Fsp3) is 0.714. The van der Waals surface area contributed by atoms with Gasteiger partial charge in [0, 0.05) is 19.7 Å². The fourth-order valence-corrected chi connectivity index (χ4v) is 3.80. The lowest BCUT2D eigenvalue weighted by molar-refractivity contribution is -0.0771. The molecule has 0 spiro atoms. The molecule has 0 saturated carbocycles. The van der Waals surface area contributed by atoms with Gasteiger partial charge in [-0.15, -0.1) is 0 Å². The molecule has 2 rings (SSSR count). The van der Waals surface area contributed by atoms with Gasteiger partial charge in [0.05, 0.1) is 5.60 Å². The molecule has 1 saturated heterocycles. The van der Waals surface area contributed by atoms with Gasteiger partial charge in [0.1, 0.15) is 0 Å². The molecule has 1 N–H and O–H groups in total. The molecule has 1 aliphatic heterocycles. The lowest BCUT2D eigenvalue weighted by Gasteiger charge is -2.39. The van der Waals surface area contributed by atoms with E-state index in [-0.39, 0.29) is 5.60 Å². The Hall–Kier alpha value is -0.900. The summed E-state index contributed by atoms with van der Waals surface area (Å²) in [7, 11) is 4.25. The Bertz CT molecular complexity index is 481. The molecule has 136 valence electrons. The zero-order valence-corrected chi connectivity index (χ0v) is 16.3. The number of benzene rings is 1. The molecule has 2 atom stereocenters. The molecule has 0 radical (unpaired) electrons. The summed E-state index contributed by atoms with van der Waals surface area (Å²) in [6, 6.07) is 9.18. The molecule has 24 heavy (non-hydrogen) atoms. The van der Waals surface area contributed by atoms with E-state index in [9.17, 15) is 0 Å². The molecule has 3 heteroatoms. The summed E-state index contributed by atoms with van der Waals surface area (Å²) in [6.07, 6.45) is 3.54. The molecule has 0 bridgehead atoms. The second-order valence-electron chi connectivity index (χ2n) is 8.22. The molecule has 1 fully saturated rings. The Kier molecular flexibility index (Phi) is 7.27. The van der Waals surface area contributed by atoms with Crippen LogP contribution in [0.2, 0.25) is 0 Å². The smallest absolute Gasteiger partial charge is 0.0629 e. The van der Waals surface area contributed by atoms with E-state index < -0.39 is 0 Å². The van der Waals surface area contributed by atoms with Crippen LogP contribution >= 0.6 is 0 Å². The van der Waals surface area contributed by atoms with E-state index in [2.05, 4.69) is 69.3 Å². The van der Waals surface area contributed by atoms with Crippen molar-refractivity contribution in [3.63, 3.8) is 0 Å². The molecule has 3 nitrogen and oxygen atoms in total. The van der Waals surface area contributed by atoms with Crippen LogP contribution in [-0.2, 0) is 4.74 Å². The quantitative estimate of drug-likeness (QED) is 0.732. The van der Waals surface area contributed by atoms with Crippen molar-refractivity contribution in [3.8, 4) is 0 Å². The van der Waals surface area contributed by atoms with E-state index >= 15 is 0 Å². The highest BCUT2D eigenvalue weighted by atomic mass is 16.5. The van der Waals surface area contributed by atoms with Crippen LogP contribution in [0.3, 0.4) is 0 Å². The maximum absolute atomic E-state index is 5.95. The van der Waals surface area contributed by atoms with Crippen molar-refractivity contribution in [1.82, 2.24) is 10.2 Å². The Morgan fingerprint density at radius 1 is 1.21 bits per heavy atom. The number of hydrogen-bond donors (Lipinski definition) is 1. The molecule has 0 aliphatic carbocycles. The average molecular weight is 333 g/mol. The summed E-state index contributed by atoms with van der Waals surface area (Å²) in [4.78, 5) is 2.23. The highest BCUT2D eigenvalue weighted by Gasteiger charge is 2.33. The van der Waals surface area contributed by atoms with E-state index in [1.165, 1.54) is 24.0 Å². The van der Waals surface area contributed by atoms with Gasteiger partial charge in [0.15, 0.2) is 0 Å². The number of ether oxygens (including phenoxy) is 1. The Morgan fingerprint density at radius 2 is 1.92 bits per heavy atom. The molecule has 1 heterocycles. The molecule has 2 unspecified atom stereocenters. The average Bonchev–Trinajstić information content (AvgIpc) is 2.51. The molecular formula is C21H36N2O. The zero-order chi connectivity index (χ0) is 17.6. The minimum Gasteiger partial charge on any atom is -0.376 e. The van der Waals surface area contributed by atoms with Gasteiger partial charge < -0.3 is 15.0 Å². The van der Waals surface area contributed by atoms with Crippen LogP contribution in [0, 0.1) is 12.8 Å². The van der Waals surface area contributed by atoms with Crippen LogP contribution in [0.15, 0.2) is 24.3 Å².